The van der Waals surface area contributed by atoms with Gasteiger partial charge in [0, 0.05) is 25.1 Å². The number of hydrogen-bond acceptors (Lipinski definition) is 5. The van der Waals surface area contributed by atoms with Crippen LogP contribution < -0.4 is 9.64 Å². The normalized spacial score (nSPS) is 13.8. The summed E-state index contributed by atoms with van der Waals surface area (Å²) < 4.78 is 5.73. The van der Waals surface area contributed by atoms with E-state index in [4.69, 9.17) is 4.74 Å². The molecule has 0 bridgehead atoms. The van der Waals surface area contributed by atoms with Crippen LogP contribution in [0.1, 0.15) is 25.0 Å². The first-order chi connectivity index (χ1) is 15.5. The molecule has 4 rings (SSSR count). The monoisotopic (exact) mass is 427 g/mol. The lowest BCUT2D eigenvalue weighted by atomic mass is 10.0. The molecule has 0 unspecified atom stereocenters. The number of imide groups is 1. The summed E-state index contributed by atoms with van der Waals surface area (Å²) in [7, 11) is 1.81. The number of para-hydroxylation sites is 1. The number of carbonyl (C=O) groups is 2. The molecule has 6 heteroatoms. The van der Waals surface area contributed by atoms with Crippen molar-refractivity contribution in [2.45, 2.75) is 26.5 Å². The quantitative estimate of drug-likeness (QED) is 0.527. The van der Waals surface area contributed by atoms with Gasteiger partial charge in [-0.15, -0.1) is 0 Å². The second kappa shape index (κ2) is 9.06. The Kier molecular flexibility index (Phi) is 6.03. The average Bonchev–Trinajstić information content (AvgIpc) is 3.05. The number of ether oxygens (including phenoxy) is 1. The second-order valence-corrected chi connectivity index (χ2v) is 7.86. The summed E-state index contributed by atoms with van der Waals surface area (Å²) in [5.41, 5.74) is 3.07. The van der Waals surface area contributed by atoms with E-state index in [1.54, 1.807) is 29.4 Å². The highest BCUT2D eigenvalue weighted by molar-refractivity contribution is 6.36. The van der Waals surface area contributed by atoms with Crippen LogP contribution in [-0.2, 0) is 16.1 Å². The van der Waals surface area contributed by atoms with E-state index in [1.165, 1.54) is 4.90 Å². The van der Waals surface area contributed by atoms with Gasteiger partial charge in [-0.1, -0.05) is 30.3 Å². The third-order valence-corrected chi connectivity index (χ3v) is 5.23. The number of amides is 2. The molecular formula is C26H25N3O3. The van der Waals surface area contributed by atoms with Gasteiger partial charge in [-0.2, -0.15) is 0 Å². The summed E-state index contributed by atoms with van der Waals surface area (Å²) >= 11 is 0. The molecule has 2 heterocycles. The minimum atomic E-state index is -0.323. The van der Waals surface area contributed by atoms with Gasteiger partial charge in [0.2, 0.25) is 0 Å². The summed E-state index contributed by atoms with van der Waals surface area (Å²) in [6.45, 7) is 4.10. The molecular weight excluding hydrogens is 402 g/mol. The molecule has 0 atom stereocenters. The lowest BCUT2D eigenvalue weighted by Crippen LogP contribution is -2.33. The first kappa shape index (κ1) is 21.3. The molecule has 0 radical (unpaired) electrons. The molecule has 32 heavy (non-hydrogen) atoms. The van der Waals surface area contributed by atoms with Crippen LogP contribution in [0.5, 0.6) is 5.75 Å². The summed E-state index contributed by atoms with van der Waals surface area (Å²) in [6.07, 6.45) is 3.35. The number of anilines is 1. The maximum Gasteiger partial charge on any atom is 0.278 e. The molecule has 2 amide bonds. The average molecular weight is 428 g/mol. The second-order valence-electron chi connectivity index (χ2n) is 7.86. The first-order valence-electron chi connectivity index (χ1n) is 10.5. The van der Waals surface area contributed by atoms with Crippen LogP contribution in [-0.4, -0.2) is 34.8 Å². The molecule has 2 aromatic carbocycles. The fourth-order valence-electron chi connectivity index (χ4n) is 3.70. The number of rotatable bonds is 7. The Morgan fingerprint density at radius 1 is 0.906 bits per heavy atom. The van der Waals surface area contributed by atoms with E-state index in [0.717, 1.165) is 11.3 Å². The topological polar surface area (TPSA) is 62.7 Å². The Balaban J connectivity index is 1.76. The van der Waals surface area contributed by atoms with Gasteiger partial charge in [0.05, 0.1) is 18.2 Å². The highest BCUT2D eigenvalue weighted by Gasteiger charge is 2.41. The Morgan fingerprint density at radius 3 is 2.19 bits per heavy atom. The van der Waals surface area contributed by atoms with Crippen molar-refractivity contribution < 1.29 is 14.3 Å². The fraction of sp³-hybridized carbons (Fsp3) is 0.192. The summed E-state index contributed by atoms with van der Waals surface area (Å²) in [4.78, 5) is 34.1. The zero-order chi connectivity index (χ0) is 22.7. The third kappa shape index (κ3) is 4.25. The van der Waals surface area contributed by atoms with Crippen molar-refractivity contribution in [2.24, 2.45) is 0 Å². The van der Waals surface area contributed by atoms with Crippen molar-refractivity contribution in [2.75, 3.05) is 11.9 Å². The van der Waals surface area contributed by atoms with E-state index < -0.39 is 0 Å². The van der Waals surface area contributed by atoms with Gasteiger partial charge in [0.15, 0.2) is 0 Å². The minimum absolute atomic E-state index is 0.0467. The molecule has 0 spiro atoms. The van der Waals surface area contributed by atoms with Gasteiger partial charge < -0.3 is 9.64 Å². The van der Waals surface area contributed by atoms with Crippen molar-refractivity contribution in [3.63, 3.8) is 0 Å². The van der Waals surface area contributed by atoms with Gasteiger partial charge in [0.1, 0.15) is 11.4 Å². The van der Waals surface area contributed by atoms with E-state index >= 15 is 0 Å². The number of hydrogen-bond donors (Lipinski definition) is 0. The lowest BCUT2D eigenvalue weighted by Gasteiger charge is -2.21. The molecule has 0 N–H and O–H groups in total. The van der Waals surface area contributed by atoms with Crippen LogP contribution in [0.25, 0.3) is 5.57 Å². The van der Waals surface area contributed by atoms with Crippen LogP contribution in [0.4, 0.5) is 5.69 Å². The molecule has 162 valence electrons. The molecule has 6 nitrogen and oxygen atoms in total. The zero-order valence-electron chi connectivity index (χ0n) is 18.4. The maximum absolute atomic E-state index is 13.5. The molecule has 0 saturated carbocycles. The largest absolute Gasteiger partial charge is 0.491 e. The minimum Gasteiger partial charge on any atom is -0.491 e. The summed E-state index contributed by atoms with van der Waals surface area (Å²) in [6, 6.07) is 20.4. The fourth-order valence-corrected chi connectivity index (χ4v) is 3.70. The number of aromatic nitrogens is 1. The number of likely N-dealkylation sites (N-methyl/N-ethyl adjacent to an activating group) is 1. The van der Waals surface area contributed by atoms with Gasteiger partial charge >= 0.3 is 0 Å². The summed E-state index contributed by atoms with van der Waals surface area (Å²) in [5, 5.41) is 0. The molecule has 0 fully saturated rings. The van der Waals surface area contributed by atoms with Crippen LogP contribution in [0.15, 0.2) is 84.8 Å². The van der Waals surface area contributed by atoms with Gasteiger partial charge in [-0.25, -0.2) is 0 Å². The molecule has 0 aliphatic carbocycles. The van der Waals surface area contributed by atoms with Gasteiger partial charge in [-0.3, -0.25) is 19.5 Å². The van der Waals surface area contributed by atoms with Crippen LogP contribution in [0, 0.1) is 0 Å². The lowest BCUT2D eigenvalue weighted by molar-refractivity contribution is -0.137. The van der Waals surface area contributed by atoms with E-state index in [0.29, 0.717) is 22.6 Å². The van der Waals surface area contributed by atoms with Crippen molar-refractivity contribution in [1.82, 2.24) is 9.88 Å². The predicted octanol–water partition coefficient (Wildman–Crippen LogP) is 4.29. The smallest absolute Gasteiger partial charge is 0.278 e. The Bertz CT molecular complexity index is 1140. The van der Waals surface area contributed by atoms with E-state index in [-0.39, 0.29) is 24.5 Å². The van der Waals surface area contributed by atoms with Crippen molar-refractivity contribution in [1.29, 1.82) is 0 Å². The van der Waals surface area contributed by atoms with E-state index in [9.17, 15) is 9.59 Å². The number of carbonyl (C=O) groups excluding carboxylic acids is 2. The Hall–Kier alpha value is -3.93. The standard InChI is InChI=1S/C26H25N3O3/c1-18(2)32-22-11-9-20(10-12-22)23-24(28(3)21-7-5-4-6-8-21)26(31)29(25(23)30)17-19-13-15-27-16-14-19/h4-16,18H,17H2,1-3H3. The van der Waals surface area contributed by atoms with Crippen molar-refractivity contribution in [3.05, 3.63) is 95.9 Å². The van der Waals surface area contributed by atoms with Crippen molar-refractivity contribution in [3.8, 4) is 5.75 Å². The number of nitrogens with zero attached hydrogens (tertiary/aromatic N) is 3. The Morgan fingerprint density at radius 2 is 1.56 bits per heavy atom. The van der Waals surface area contributed by atoms with Crippen molar-refractivity contribution >= 4 is 23.1 Å². The highest BCUT2D eigenvalue weighted by atomic mass is 16.5. The van der Waals surface area contributed by atoms with Crippen LogP contribution >= 0.6 is 0 Å². The molecule has 1 aromatic heterocycles. The molecule has 0 saturated heterocycles. The SMILES string of the molecule is CC(C)Oc1ccc(C2=C(N(C)c3ccccc3)C(=O)N(Cc3ccncc3)C2=O)cc1. The third-order valence-electron chi connectivity index (χ3n) is 5.23. The molecule has 1 aliphatic heterocycles. The van der Waals surface area contributed by atoms with Gasteiger partial charge in [0.25, 0.3) is 11.8 Å². The van der Waals surface area contributed by atoms with Gasteiger partial charge in [-0.05, 0) is 61.4 Å². The molecule has 1 aliphatic rings. The predicted molar refractivity (Wildman–Crippen MR) is 124 cm³/mol. The van der Waals surface area contributed by atoms with Crippen LogP contribution in [0.2, 0.25) is 0 Å². The van der Waals surface area contributed by atoms with E-state index in [2.05, 4.69) is 4.98 Å². The maximum atomic E-state index is 13.5. The van der Waals surface area contributed by atoms with E-state index in [1.807, 2.05) is 75.5 Å². The first-order valence-corrected chi connectivity index (χ1v) is 10.5. The van der Waals surface area contributed by atoms with Crippen LogP contribution in [0.3, 0.4) is 0 Å². The zero-order valence-corrected chi connectivity index (χ0v) is 18.4. The molecule has 3 aromatic rings. The summed E-state index contributed by atoms with van der Waals surface area (Å²) in [5.74, 6) is 0.0746. The highest BCUT2D eigenvalue weighted by Crippen LogP contribution is 2.34. The number of benzene rings is 2. The Labute approximate surface area is 187 Å². The number of pyridine rings is 1.